The molecule has 2 aromatic rings. The predicted molar refractivity (Wildman–Crippen MR) is 86.8 cm³/mol. The quantitative estimate of drug-likeness (QED) is 0.557. The lowest BCUT2D eigenvalue weighted by atomic mass is 9.97. The van der Waals surface area contributed by atoms with Crippen molar-refractivity contribution in [2.24, 2.45) is 0 Å². The van der Waals surface area contributed by atoms with Gasteiger partial charge in [-0.3, -0.25) is 4.98 Å². The second kappa shape index (κ2) is 7.81. The van der Waals surface area contributed by atoms with Gasteiger partial charge in [0.05, 0.1) is 5.52 Å². The van der Waals surface area contributed by atoms with Crippen molar-refractivity contribution in [1.82, 2.24) is 10.3 Å². The van der Waals surface area contributed by atoms with Gasteiger partial charge in [-0.25, -0.2) is 0 Å². The highest BCUT2D eigenvalue weighted by Crippen LogP contribution is 2.26. The first kappa shape index (κ1) is 14.7. The van der Waals surface area contributed by atoms with Gasteiger partial charge >= 0.3 is 0 Å². The van der Waals surface area contributed by atoms with Crippen molar-refractivity contribution >= 4 is 10.9 Å². The van der Waals surface area contributed by atoms with Crippen LogP contribution in [0, 0.1) is 0 Å². The predicted octanol–water partition coefficient (Wildman–Crippen LogP) is 4.63. The third-order valence-electron chi connectivity index (χ3n) is 3.79. The zero-order valence-electron chi connectivity index (χ0n) is 12.3. The zero-order chi connectivity index (χ0) is 14.2. The average molecular weight is 268 g/mol. The lowest BCUT2D eigenvalue weighted by Gasteiger charge is -2.18. The van der Waals surface area contributed by atoms with Crippen molar-refractivity contribution in [3.63, 3.8) is 0 Å². The largest absolute Gasteiger partial charge is 0.313 e. The van der Waals surface area contributed by atoms with E-state index in [9.17, 15) is 0 Å². The van der Waals surface area contributed by atoms with Crippen molar-refractivity contribution in [3.8, 4) is 0 Å². The molecule has 106 valence electrons. The fourth-order valence-electron chi connectivity index (χ4n) is 2.68. The molecule has 2 heteroatoms. The Morgan fingerprint density at radius 1 is 1.20 bits per heavy atom. The number of aromatic nitrogens is 1. The van der Waals surface area contributed by atoms with Crippen LogP contribution in [0.25, 0.3) is 10.9 Å². The summed E-state index contributed by atoms with van der Waals surface area (Å²) in [4.78, 5) is 4.55. The summed E-state index contributed by atoms with van der Waals surface area (Å²) < 4.78 is 0. The number of rotatable bonds is 8. The Balaban J connectivity index is 2.07. The number of hydrogen-bond donors (Lipinski definition) is 1. The number of nitrogens with zero attached hydrogens (tertiary/aromatic N) is 1. The molecule has 0 saturated carbocycles. The highest BCUT2D eigenvalue weighted by atomic mass is 14.9. The van der Waals surface area contributed by atoms with E-state index in [4.69, 9.17) is 0 Å². The first-order valence-corrected chi connectivity index (χ1v) is 7.48. The number of hydrogen-bond acceptors (Lipinski definition) is 2. The molecular weight excluding hydrogens is 244 g/mol. The fraction of sp³-hybridized carbons (Fsp3) is 0.389. The summed E-state index contributed by atoms with van der Waals surface area (Å²) in [6.07, 6.45) is 9.91. The minimum atomic E-state index is 0.386. The molecule has 0 aliphatic carbocycles. The van der Waals surface area contributed by atoms with Gasteiger partial charge in [-0.1, -0.05) is 43.2 Å². The van der Waals surface area contributed by atoms with Crippen LogP contribution in [0.3, 0.4) is 0 Å². The third kappa shape index (κ3) is 3.67. The van der Waals surface area contributed by atoms with Gasteiger partial charge in [-0.05, 0) is 37.9 Å². The van der Waals surface area contributed by atoms with Crippen LogP contribution >= 0.6 is 0 Å². The Bertz CT molecular complexity index is 543. The van der Waals surface area contributed by atoms with E-state index in [1.54, 1.807) is 0 Å². The molecule has 1 N–H and O–H groups in total. The molecule has 1 aromatic heterocycles. The van der Waals surface area contributed by atoms with Gasteiger partial charge < -0.3 is 5.32 Å². The van der Waals surface area contributed by atoms with Crippen molar-refractivity contribution in [2.75, 3.05) is 7.05 Å². The SMILES string of the molecule is C=CCCCCCC(NC)c1cccc2cccnc12. The van der Waals surface area contributed by atoms with Gasteiger partial charge in [0, 0.05) is 17.6 Å². The molecule has 0 spiro atoms. The molecule has 1 atom stereocenters. The number of allylic oxidation sites excluding steroid dienone is 1. The molecule has 2 nitrogen and oxygen atoms in total. The first-order chi connectivity index (χ1) is 9.86. The second-order valence-corrected chi connectivity index (χ2v) is 5.19. The lowest BCUT2D eigenvalue weighted by molar-refractivity contribution is 0.510. The molecule has 1 heterocycles. The minimum absolute atomic E-state index is 0.386. The Hall–Kier alpha value is -1.67. The van der Waals surface area contributed by atoms with Crippen LogP contribution in [0.5, 0.6) is 0 Å². The van der Waals surface area contributed by atoms with E-state index in [2.05, 4.69) is 41.1 Å². The average Bonchev–Trinajstić information content (AvgIpc) is 2.51. The van der Waals surface area contributed by atoms with Gasteiger partial charge in [-0.2, -0.15) is 0 Å². The summed E-state index contributed by atoms with van der Waals surface area (Å²) in [7, 11) is 2.04. The molecule has 0 saturated heterocycles. The van der Waals surface area contributed by atoms with Gasteiger partial charge in [0.2, 0.25) is 0 Å². The van der Waals surface area contributed by atoms with E-state index < -0.39 is 0 Å². The number of pyridine rings is 1. The monoisotopic (exact) mass is 268 g/mol. The normalized spacial score (nSPS) is 12.4. The van der Waals surface area contributed by atoms with Crippen molar-refractivity contribution < 1.29 is 0 Å². The highest BCUT2D eigenvalue weighted by Gasteiger charge is 2.12. The van der Waals surface area contributed by atoms with Crippen LogP contribution in [0.1, 0.15) is 43.7 Å². The van der Waals surface area contributed by atoms with Crippen molar-refractivity contribution in [1.29, 1.82) is 0 Å². The molecule has 0 fully saturated rings. The van der Waals surface area contributed by atoms with E-state index in [1.807, 2.05) is 25.4 Å². The minimum Gasteiger partial charge on any atom is -0.313 e. The first-order valence-electron chi connectivity index (χ1n) is 7.48. The zero-order valence-corrected chi connectivity index (χ0v) is 12.3. The molecular formula is C18H24N2. The number of unbranched alkanes of at least 4 members (excludes halogenated alkanes) is 3. The molecule has 0 amide bonds. The third-order valence-corrected chi connectivity index (χ3v) is 3.79. The molecule has 0 aliphatic heterocycles. The van der Waals surface area contributed by atoms with Gasteiger partial charge in [0.25, 0.3) is 0 Å². The Morgan fingerprint density at radius 2 is 2.05 bits per heavy atom. The standard InChI is InChI=1S/C18H24N2/c1-3-4-5-6-7-13-17(19-2)16-12-8-10-15-11-9-14-20-18(15)16/h3,8-12,14,17,19H,1,4-7,13H2,2H3. The van der Waals surface area contributed by atoms with Crippen LogP contribution in [0.2, 0.25) is 0 Å². The summed E-state index contributed by atoms with van der Waals surface area (Å²) in [5.74, 6) is 0. The smallest absolute Gasteiger partial charge is 0.0749 e. The van der Waals surface area contributed by atoms with Gasteiger partial charge in [0.15, 0.2) is 0 Å². The van der Waals surface area contributed by atoms with E-state index in [0.29, 0.717) is 6.04 Å². The molecule has 0 radical (unpaired) electrons. The maximum Gasteiger partial charge on any atom is 0.0749 e. The second-order valence-electron chi connectivity index (χ2n) is 5.19. The number of benzene rings is 1. The topological polar surface area (TPSA) is 24.9 Å². The van der Waals surface area contributed by atoms with E-state index in [-0.39, 0.29) is 0 Å². The maximum absolute atomic E-state index is 4.55. The molecule has 20 heavy (non-hydrogen) atoms. The van der Waals surface area contributed by atoms with Gasteiger partial charge in [-0.15, -0.1) is 6.58 Å². The summed E-state index contributed by atoms with van der Waals surface area (Å²) in [6, 6.07) is 11.0. The Labute approximate surface area is 121 Å². The maximum atomic E-state index is 4.55. The molecule has 2 rings (SSSR count). The molecule has 1 aromatic carbocycles. The van der Waals surface area contributed by atoms with Crippen LogP contribution in [-0.2, 0) is 0 Å². The summed E-state index contributed by atoms with van der Waals surface area (Å²) in [5.41, 5.74) is 2.44. The fourth-order valence-corrected chi connectivity index (χ4v) is 2.68. The number of para-hydroxylation sites is 1. The molecule has 0 bridgehead atoms. The van der Waals surface area contributed by atoms with Crippen LogP contribution in [0.15, 0.2) is 49.2 Å². The summed E-state index contributed by atoms with van der Waals surface area (Å²) >= 11 is 0. The number of nitrogens with one attached hydrogen (secondary N) is 1. The van der Waals surface area contributed by atoms with E-state index in [1.165, 1.54) is 30.2 Å². The Morgan fingerprint density at radius 3 is 2.85 bits per heavy atom. The van der Waals surface area contributed by atoms with Crippen molar-refractivity contribution in [3.05, 3.63) is 54.7 Å². The van der Waals surface area contributed by atoms with Crippen LogP contribution in [0.4, 0.5) is 0 Å². The van der Waals surface area contributed by atoms with Crippen LogP contribution < -0.4 is 5.32 Å². The summed E-state index contributed by atoms with van der Waals surface area (Å²) in [5, 5.41) is 4.66. The molecule has 0 aliphatic rings. The number of fused-ring (bicyclic) bond motifs is 1. The summed E-state index contributed by atoms with van der Waals surface area (Å²) in [6.45, 7) is 3.77. The highest BCUT2D eigenvalue weighted by molar-refractivity contribution is 5.81. The van der Waals surface area contributed by atoms with Crippen molar-refractivity contribution in [2.45, 2.75) is 38.1 Å². The van der Waals surface area contributed by atoms with Gasteiger partial charge in [0.1, 0.15) is 0 Å². The Kier molecular flexibility index (Phi) is 5.75. The van der Waals surface area contributed by atoms with Crippen LogP contribution in [-0.4, -0.2) is 12.0 Å². The van der Waals surface area contributed by atoms with E-state index in [0.717, 1.165) is 18.4 Å². The van der Waals surface area contributed by atoms with E-state index >= 15 is 0 Å². The lowest BCUT2D eigenvalue weighted by Crippen LogP contribution is -2.16. The molecule has 1 unspecified atom stereocenters.